The zero-order chi connectivity index (χ0) is 22.2. The highest BCUT2D eigenvalue weighted by Gasteiger charge is 2.22. The second kappa shape index (κ2) is 11.0. The predicted molar refractivity (Wildman–Crippen MR) is 129 cm³/mol. The highest BCUT2D eigenvalue weighted by molar-refractivity contribution is 5.80. The van der Waals surface area contributed by atoms with Crippen molar-refractivity contribution in [1.82, 2.24) is 25.1 Å². The molecule has 0 aliphatic carbocycles. The zero-order valence-corrected chi connectivity index (χ0v) is 19.2. The van der Waals surface area contributed by atoms with E-state index in [1.165, 1.54) is 0 Å². The molecule has 2 saturated heterocycles. The lowest BCUT2D eigenvalue weighted by Crippen LogP contribution is -2.54. The van der Waals surface area contributed by atoms with E-state index in [1.807, 2.05) is 25.2 Å². The molecule has 2 aliphatic rings. The molecular weight excluding hydrogens is 404 g/mol. The standard InChI is InChI=1S/C23H34N8O/c1-24-22(30-18-16-29(17-19-30)20-6-3-4-7-21(20)32-2)27-10-11-28-12-14-31(15-13-28)23-25-8-5-9-26-23/h3-9H,10-19H2,1-2H3,(H,24,27). The SMILES string of the molecule is CN=C(NCCN1CCN(c2ncccn2)CC1)N1CCN(c2ccccc2OC)CC1. The number of piperazine rings is 2. The van der Waals surface area contributed by atoms with Crippen molar-refractivity contribution < 1.29 is 4.74 Å². The monoisotopic (exact) mass is 438 g/mol. The summed E-state index contributed by atoms with van der Waals surface area (Å²) in [5, 5.41) is 3.56. The van der Waals surface area contributed by atoms with Crippen LogP contribution < -0.4 is 19.9 Å². The molecule has 0 bridgehead atoms. The molecule has 32 heavy (non-hydrogen) atoms. The van der Waals surface area contributed by atoms with Crippen LogP contribution in [0.25, 0.3) is 0 Å². The highest BCUT2D eigenvalue weighted by Crippen LogP contribution is 2.28. The molecule has 172 valence electrons. The molecule has 2 aliphatic heterocycles. The third-order valence-corrected chi connectivity index (χ3v) is 6.14. The first kappa shape index (κ1) is 22.1. The minimum atomic E-state index is 0.831. The number of nitrogens with zero attached hydrogens (tertiary/aromatic N) is 7. The lowest BCUT2D eigenvalue weighted by atomic mass is 10.2. The van der Waals surface area contributed by atoms with Crippen LogP contribution in [-0.4, -0.2) is 105 Å². The predicted octanol–water partition coefficient (Wildman–Crippen LogP) is 1.00. The summed E-state index contributed by atoms with van der Waals surface area (Å²) < 4.78 is 5.53. The van der Waals surface area contributed by atoms with Crippen LogP contribution in [0.1, 0.15) is 0 Å². The van der Waals surface area contributed by atoms with Gasteiger partial charge >= 0.3 is 0 Å². The molecule has 0 atom stereocenters. The Kier molecular flexibility index (Phi) is 7.60. The Labute approximate surface area is 190 Å². The van der Waals surface area contributed by atoms with Crippen LogP contribution >= 0.6 is 0 Å². The number of hydrogen-bond donors (Lipinski definition) is 1. The summed E-state index contributed by atoms with van der Waals surface area (Å²) in [5.41, 5.74) is 1.16. The van der Waals surface area contributed by atoms with E-state index < -0.39 is 0 Å². The number of nitrogens with one attached hydrogen (secondary N) is 1. The minimum Gasteiger partial charge on any atom is -0.495 e. The van der Waals surface area contributed by atoms with Crippen molar-refractivity contribution in [1.29, 1.82) is 0 Å². The molecule has 0 saturated carbocycles. The Morgan fingerprint density at radius 1 is 0.938 bits per heavy atom. The number of methoxy groups -OCH3 is 1. The van der Waals surface area contributed by atoms with Crippen molar-refractivity contribution in [2.24, 2.45) is 4.99 Å². The second-order valence-electron chi connectivity index (χ2n) is 8.00. The second-order valence-corrected chi connectivity index (χ2v) is 8.00. The topological polar surface area (TPSA) is 72.4 Å². The lowest BCUT2D eigenvalue weighted by Gasteiger charge is -2.38. The number of aliphatic imine (C=N–C) groups is 1. The molecule has 2 fully saturated rings. The van der Waals surface area contributed by atoms with Crippen LogP contribution in [0.15, 0.2) is 47.7 Å². The molecule has 1 aromatic carbocycles. The molecule has 9 heteroatoms. The highest BCUT2D eigenvalue weighted by atomic mass is 16.5. The maximum atomic E-state index is 5.53. The van der Waals surface area contributed by atoms with Gasteiger partial charge in [0.15, 0.2) is 5.96 Å². The molecule has 2 aromatic rings. The van der Waals surface area contributed by atoms with Gasteiger partial charge in [0.2, 0.25) is 5.95 Å². The number of rotatable bonds is 6. The molecule has 1 aromatic heterocycles. The summed E-state index contributed by atoms with van der Waals surface area (Å²) in [7, 11) is 3.60. The van der Waals surface area contributed by atoms with Gasteiger partial charge in [0.25, 0.3) is 0 Å². The summed E-state index contributed by atoms with van der Waals surface area (Å²) in [6.45, 7) is 9.64. The number of aromatic nitrogens is 2. The number of benzene rings is 1. The first-order valence-corrected chi connectivity index (χ1v) is 11.4. The largest absolute Gasteiger partial charge is 0.495 e. The molecule has 0 amide bonds. The summed E-state index contributed by atoms with van der Waals surface area (Å²) in [6.07, 6.45) is 3.61. The smallest absolute Gasteiger partial charge is 0.225 e. The number of ether oxygens (including phenoxy) is 1. The minimum absolute atomic E-state index is 0.831. The van der Waals surface area contributed by atoms with Gasteiger partial charge in [0, 0.05) is 84.9 Å². The van der Waals surface area contributed by atoms with Gasteiger partial charge in [-0.15, -0.1) is 0 Å². The number of anilines is 2. The Morgan fingerprint density at radius 2 is 1.62 bits per heavy atom. The molecule has 3 heterocycles. The lowest BCUT2D eigenvalue weighted by molar-refractivity contribution is 0.258. The zero-order valence-electron chi connectivity index (χ0n) is 19.2. The van der Waals surface area contributed by atoms with Crippen molar-refractivity contribution >= 4 is 17.6 Å². The number of hydrogen-bond acceptors (Lipinski definition) is 7. The van der Waals surface area contributed by atoms with Crippen molar-refractivity contribution in [2.45, 2.75) is 0 Å². The van der Waals surface area contributed by atoms with Crippen molar-refractivity contribution in [3.8, 4) is 5.75 Å². The number of guanidine groups is 1. The van der Waals surface area contributed by atoms with Gasteiger partial charge < -0.3 is 24.8 Å². The maximum absolute atomic E-state index is 5.53. The van der Waals surface area contributed by atoms with Crippen molar-refractivity contribution in [2.75, 3.05) is 89.4 Å². The van der Waals surface area contributed by atoms with Crippen LogP contribution in [0.4, 0.5) is 11.6 Å². The van der Waals surface area contributed by atoms with Crippen LogP contribution in [0.5, 0.6) is 5.75 Å². The third kappa shape index (κ3) is 5.40. The van der Waals surface area contributed by atoms with Gasteiger partial charge in [0.05, 0.1) is 12.8 Å². The van der Waals surface area contributed by atoms with Gasteiger partial charge in [-0.1, -0.05) is 12.1 Å². The maximum Gasteiger partial charge on any atom is 0.225 e. The van der Waals surface area contributed by atoms with E-state index in [1.54, 1.807) is 19.5 Å². The van der Waals surface area contributed by atoms with E-state index in [4.69, 9.17) is 4.74 Å². The van der Waals surface area contributed by atoms with E-state index in [0.717, 1.165) is 88.8 Å². The first-order chi connectivity index (χ1) is 15.8. The van der Waals surface area contributed by atoms with E-state index in [2.05, 4.69) is 52.0 Å². The third-order valence-electron chi connectivity index (χ3n) is 6.14. The Bertz CT molecular complexity index is 861. The molecule has 0 unspecified atom stereocenters. The summed E-state index contributed by atoms with van der Waals surface area (Å²) >= 11 is 0. The quantitative estimate of drug-likeness (QED) is 0.529. The van der Waals surface area contributed by atoms with Crippen molar-refractivity contribution in [3.05, 3.63) is 42.7 Å². The fourth-order valence-corrected chi connectivity index (χ4v) is 4.33. The van der Waals surface area contributed by atoms with Crippen LogP contribution in [0.2, 0.25) is 0 Å². The van der Waals surface area contributed by atoms with Gasteiger partial charge in [-0.3, -0.25) is 9.89 Å². The van der Waals surface area contributed by atoms with Gasteiger partial charge in [-0.05, 0) is 18.2 Å². The van der Waals surface area contributed by atoms with Crippen molar-refractivity contribution in [3.63, 3.8) is 0 Å². The Hall–Kier alpha value is -3.07. The van der Waals surface area contributed by atoms with Gasteiger partial charge in [-0.25, -0.2) is 9.97 Å². The van der Waals surface area contributed by atoms with E-state index >= 15 is 0 Å². The van der Waals surface area contributed by atoms with Crippen LogP contribution in [0.3, 0.4) is 0 Å². The Balaban J connectivity index is 1.19. The fourth-order valence-electron chi connectivity index (χ4n) is 4.33. The molecule has 0 spiro atoms. The van der Waals surface area contributed by atoms with Gasteiger partial charge in [-0.2, -0.15) is 0 Å². The van der Waals surface area contributed by atoms with Gasteiger partial charge in [0.1, 0.15) is 5.75 Å². The van der Waals surface area contributed by atoms with E-state index in [9.17, 15) is 0 Å². The molecular formula is C23H34N8O. The average Bonchev–Trinajstić information content (AvgIpc) is 2.88. The Morgan fingerprint density at radius 3 is 2.31 bits per heavy atom. The summed E-state index contributed by atoms with van der Waals surface area (Å²) in [6, 6.07) is 10.1. The number of para-hydroxylation sites is 2. The molecule has 0 radical (unpaired) electrons. The van der Waals surface area contributed by atoms with Crippen LogP contribution in [-0.2, 0) is 0 Å². The van der Waals surface area contributed by atoms with E-state index in [-0.39, 0.29) is 0 Å². The van der Waals surface area contributed by atoms with E-state index in [0.29, 0.717) is 0 Å². The fraction of sp³-hybridized carbons (Fsp3) is 0.522. The average molecular weight is 439 g/mol. The first-order valence-electron chi connectivity index (χ1n) is 11.4. The molecule has 9 nitrogen and oxygen atoms in total. The molecule has 1 N–H and O–H groups in total. The van der Waals surface area contributed by atoms with Crippen LogP contribution in [0, 0.1) is 0 Å². The summed E-state index contributed by atoms with van der Waals surface area (Å²) in [5.74, 6) is 2.75. The normalized spacial score (nSPS) is 18.1. The summed E-state index contributed by atoms with van der Waals surface area (Å²) in [4.78, 5) is 22.7. The molecule has 4 rings (SSSR count).